The van der Waals surface area contributed by atoms with Crippen LogP contribution in [0.2, 0.25) is 5.02 Å². The van der Waals surface area contributed by atoms with Crippen LogP contribution in [-0.4, -0.2) is 9.91 Å². The molecule has 4 nitrogen and oxygen atoms in total. The predicted molar refractivity (Wildman–Crippen MR) is 77.9 cm³/mol. The summed E-state index contributed by atoms with van der Waals surface area (Å²) >= 11 is 6.02. The SMILES string of the molecule is C=C1c2ccc(Cl)cc2CCc2cc([N+](=O)[O-])cnc21. The van der Waals surface area contributed by atoms with Gasteiger partial charge in [0.15, 0.2) is 0 Å². The Balaban J connectivity index is 2.14. The van der Waals surface area contributed by atoms with Crippen LogP contribution in [0.25, 0.3) is 5.57 Å². The van der Waals surface area contributed by atoms with Crippen molar-refractivity contribution in [2.24, 2.45) is 0 Å². The van der Waals surface area contributed by atoms with E-state index in [9.17, 15) is 10.1 Å². The van der Waals surface area contributed by atoms with Crippen LogP contribution in [-0.2, 0) is 12.8 Å². The fraction of sp³-hybridized carbons (Fsp3) is 0.133. The highest BCUT2D eigenvalue weighted by Crippen LogP contribution is 2.33. The molecule has 1 aromatic heterocycles. The zero-order valence-electron chi connectivity index (χ0n) is 10.6. The molecule has 0 saturated heterocycles. The van der Waals surface area contributed by atoms with Crippen LogP contribution in [0, 0.1) is 10.1 Å². The number of nitrogens with zero attached hydrogens (tertiary/aromatic N) is 2. The van der Waals surface area contributed by atoms with E-state index < -0.39 is 4.92 Å². The maximum atomic E-state index is 10.8. The molecule has 0 amide bonds. The molecule has 5 heteroatoms. The van der Waals surface area contributed by atoms with Crippen LogP contribution in [0.4, 0.5) is 5.69 Å². The molecule has 20 heavy (non-hydrogen) atoms. The third-order valence-corrected chi connectivity index (χ3v) is 3.74. The molecule has 0 bridgehead atoms. The van der Waals surface area contributed by atoms with Crippen LogP contribution in [0.3, 0.4) is 0 Å². The topological polar surface area (TPSA) is 56.0 Å². The Kier molecular flexibility index (Phi) is 3.03. The number of benzene rings is 1. The lowest BCUT2D eigenvalue weighted by Gasteiger charge is -2.08. The van der Waals surface area contributed by atoms with E-state index in [0.717, 1.165) is 34.4 Å². The molecule has 1 aromatic carbocycles. The average Bonchev–Trinajstić information content (AvgIpc) is 2.56. The van der Waals surface area contributed by atoms with Gasteiger partial charge in [-0.25, -0.2) is 4.98 Å². The molecule has 1 aliphatic rings. The van der Waals surface area contributed by atoms with Crippen LogP contribution in [0.5, 0.6) is 0 Å². The summed E-state index contributed by atoms with van der Waals surface area (Å²) < 4.78 is 0. The third kappa shape index (κ3) is 2.08. The van der Waals surface area contributed by atoms with Crippen molar-refractivity contribution < 1.29 is 4.92 Å². The minimum Gasteiger partial charge on any atom is -0.258 e. The molecular formula is C15H11ClN2O2. The number of pyridine rings is 1. The molecule has 0 atom stereocenters. The summed E-state index contributed by atoms with van der Waals surface area (Å²) in [5, 5.41) is 11.5. The van der Waals surface area contributed by atoms with E-state index >= 15 is 0 Å². The maximum absolute atomic E-state index is 10.8. The summed E-state index contributed by atoms with van der Waals surface area (Å²) in [5.41, 5.74) is 4.51. The number of rotatable bonds is 1. The minimum atomic E-state index is -0.426. The van der Waals surface area contributed by atoms with Gasteiger partial charge >= 0.3 is 0 Å². The highest BCUT2D eigenvalue weighted by molar-refractivity contribution is 6.30. The summed E-state index contributed by atoms with van der Waals surface area (Å²) in [7, 11) is 0. The van der Waals surface area contributed by atoms with Gasteiger partial charge in [0, 0.05) is 16.7 Å². The summed E-state index contributed by atoms with van der Waals surface area (Å²) in [6.45, 7) is 4.09. The first kappa shape index (κ1) is 12.8. The second-order valence-electron chi connectivity index (χ2n) is 4.74. The second-order valence-corrected chi connectivity index (χ2v) is 5.17. The first-order valence-electron chi connectivity index (χ1n) is 6.17. The predicted octanol–water partition coefficient (Wildman–Crippen LogP) is 3.80. The van der Waals surface area contributed by atoms with Crippen molar-refractivity contribution in [3.8, 4) is 0 Å². The third-order valence-electron chi connectivity index (χ3n) is 3.50. The number of aryl methyl sites for hydroxylation is 2. The number of aromatic nitrogens is 1. The summed E-state index contributed by atoms with van der Waals surface area (Å²) in [4.78, 5) is 14.6. The Morgan fingerprint density at radius 2 is 2.00 bits per heavy atom. The van der Waals surface area contributed by atoms with Gasteiger partial charge in [-0.05, 0) is 41.7 Å². The molecule has 1 aliphatic carbocycles. The quantitative estimate of drug-likeness (QED) is 0.592. The smallest absolute Gasteiger partial charge is 0.258 e. The number of hydrogen-bond acceptors (Lipinski definition) is 3. The Morgan fingerprint density at radius 3 is 2.75 bits per heavy atom. The number of hydrogen-bond donors (Lipinski definition) is 0. The first-order valence-corrected chi connectivity index (χ1v) is 6.55. The fourth-order valence-corrected chi connectivity index (χ4v) is 2.72. The Hall–Kier alpha value is -2.20. The van der Waals surface area contributed by atoms with E-state index in [0.29, 0.717) is 11.4 Å². The summed E-state index contributed by atoms with van der Waals surface area (Å²) in [6, 6.07) is 7.25. The highest BCUT2D eigenvalue weighted by Gasteiger charge is 2.20. The molecule has 0 radical (unpaired) electrons. The van der Waals surface area contributed by atoms with Crippen molar-refractivity contribution in [2.45, 2.75) is 12.8 Å². The second kappa shape index (κ2) is 4.72. The molecule has 1 heterocycles. The molecule has 0 spiro atoms. The monoisotopic (exact) mass is 286 g/mol. The van der Waals surface area contributed by atoms with Crippen LogP contribution >= 0.6 is 11.6 Å². The molecule has 0 N–H and O–H groups in total. The van der Waals surface area contributed by atoms with E-state index in [1.165, 1.54) is 6.20 Å². The zero-order valence-corrected chi connectivity index (χ0v) is 11.4. The van der Waals surface area contributed by atoms with Gasteiger partial charge < -0.3 is 0 Å². The van der Waals surface area contributed by atoms with Crippen molar-refractivity contribution in [3.63, 3.8) is 0 Å². The van der Waals surface area contributed by atoms with E-state index in [2.05, 4.69) is 11.6 Å². The molecule has 100 valence electrons. The summed E-state index contributed by atoms with van der Waals surface area (Å²) in [6.07, 6.45) is 2.74. The van der Waals surface area contributed by atoms with Crippen LogP contribution in [0.15, 0.2) is 37.0 Å². The van der Waals surface area contributed by atoms with E-state index in [-0.39, 0.29) is 5.69 Å². The van der Waals surface area contributed by atoms with Gasteiger partial charge in [-0.3, -0.25) is 10.1 Å². The molecule has 2 aromatic rings. The van der Waals surface area contributed by atoms with Gasteiger partial charge in [-0.1, -0.05) is 24.2 Å². The van der Waals surface area contributed by atoms with Gasteiger partial charge in [0.1, 0.15) is 6.20 Å². The lowest BCUT2D eigenvalue weighted by atomic mass is 9.99. The minimum absolute atomic E-state index is 0.0144. The van der Waals surface area contributed by atoms with Crippen LogP contribution < -0.4 is 0 Å². The van der Waals surface area contributed by atoms with Gasteiger partial charge in [0.05, 0.1) is 10.6 Å². The van der Waals surface area contributed by atoms with Gasteiger partial charge in [-0.15, -0.1) is 0 Å². The molecule has 3 rings (SSSR count). The zero-order chi connectivity index (χ0) is 14.3. The lowest BCUT2D eigenvalue weighted by molar-refractivity contribution is -0.385. The van der Waals surface area contributed by atoms with E-state index in [1.807, 2.05) is 18.2 Å². The van der Waals surface area contributed by atoms with Gasteiger partial charge in [0.25, 0.3) is 5.69 Å². The van der Waals surface area contributed by atoms with E-state index in [4.69, 9.17) is 11.6 Å². The average molecular weight is 287 g/mol. The van der Waals surface area contributed by atoms with Crippen molar-refractivity contribution >= 4 is 22.9 Å². The Bertz CT molecular complexity index is 741. The maximum Gasteiger partial charge on any atom is 0.287 e. The standard InChI is InChI=1S/C15H11ClN2O2/c1-9-14-5-4-12(16)6-10(14)2-3-11-7-13(18(19)20)8-17-15(9)11/h4-8H,1-3H2. The molecule has 0 aliphatic heterocycles. The van der Waals surface area contributed by atoms with Crippen LogP contribution in [0.1, 0.15) is 22.4 Å². The summed E-state index contributed by atoms with van der Waals surface area (Å²) in [5.74, 6) is 0. The van der Waals surface area contributed by atoms with Crippen molar-refractivity contribution in [1.82, 2.24) is 4.98 Å². The Labute approximate surface area is 120 Å². The largest absolute Gasteiger partial charge is 0.287 e. The molecule has 0 fully saturated rings. The molecular weight excluding hydrogens is 276 g/mol. The lowest BCUT2D eigenvalue weighted by Crippen LogP contribution is -1.98. The van der Waals surface area contributed by atoms with Crippen molar-refractivity contribution in [1.29, 1.82) is 0 Å². The van der Waals surface area contributed by atoms with Gasteiger partial charge in [0.2, 0.25) is 0 Å². The fourth-order valence-electron chi connectivity index (χ4n) is 2.52. The number of halogens is 1. The van der Waals surface area contributed by atoms with Gasteiger partial charge in [-0.2, -0.15) is 0 Å². The normalized spacial score (nSPS) is 13.3. The Morgan fingerprint density at radius 1 is 1.25 bits per heavy atom. The highest BCUT2D eigenvalue weighted by atomic mass is 35.5. The molecule has 0 unspecified atom stereocenters. The first-order chi connectivity index (χ1) is 9.56. The van der Waals surface area contributed by atoms with Crippen molar-refractivity contribution in [2.75, 3.05) is 0 Å². The van der Waals surface area contributed by atoms with E-state index in [1.54, 1.807) is 6.07 Å². The number of nitro groups is 1. The van der Waals surface area contributed by atoms with Crippen molar-refractivity contribution in [3.05, 3.63) is 74.6 Å². The number of fused-ring (bicyclic) bond motifs is 2. The molecule has 0 saturated carbocycles.